The molecule has 3 nitrogen and oxygen atoms in total. The molecule has 0 saturated carbocycles. The molecule has 0 bridgehead atoms. The van der Waals surface area contributed by atoms with Crippen LogP contribution in [0.5, 0.6) is 0 Å². The minimum Gasteiger partial charge on any atom is -0.468 e. The van der Waals surface area contributed by atoms with Crippen LogP contribution in [0, 0.1) is 0 Å². The summed E-state index contributed by atoms with van der Waals surface area (Å²) in [7, 11) is 1.39. The molecule has 17 heavy (non-hydrogen) atoms. The van der Waals surface area contributed by atoms with Gasteiger partial charge in [-0.15, -0.1) is 0 Å². The number of carbonyl (C=O) groups is 1. The molecule has 0 spiro atoms. The van der Waals surface area contributed by atoms with E-state index in [1.807, 2.05) is 0 Å². The first kappa shape index (κ1) is 16.4. The van der Waals surface area contributed by atoms with Crippen molar-refractivity contribution in [3.8, 4) is 0 Å². The lowest BCUT2D eigenvalue weighted by Crippen LogP contribution is -2.45. The number of unbranched alkanes of at least 4 members (excludes halogenated alkanes) is 7. The van der Waals surface area contributed by atoms with Gasteiger partial charge in [-0.05, 0) is 13.3 Å². The van der Waals surface area contributed by atoms with Gasteiger partial charge in [0.15, 0.2) is 0 Å². The summed E-state index contributed by atoms with van der Waals surface area (Å²) in [6.45, 7) is 3.98. The molecule has 0 amide bonds. The molecule has 0 aliphatic heterocycles. The SMILES string of the molecule is CCCCCCCCCCC(C)(N)C(=O)OC. The summed E-state index contributed by atoms with van der Waals surface area (Å²) in [6.07, 6.45) is 10.8. The number of esters is 1. The third-order valence-electron chi connectivity index (χ3n) is 3.20. The van der Waals surface area contributed by atoms with Crippen molar-refractivity contribution in [1.82, 2.24) is 0 Å². The highest BCUT2D eigenvalue weighted by Crippen LogP contribution is 2.15. The second kappa shape index (κ2) is 9.46. The lowest BCUT2D eigenvalue weighted by Gasteiger charge is -2.20. The van der Waals surface area contributed by atoms with Crippen LogP contribution in [-0.4, -0.2) is 18.6 Å². The Labute approximate surface area is 106 Å². The molecule has 0 fully saturated rings. The second-order valence-electron chi connectivity index (χ2n) is 5.13. The Hall–Kier alpha value is -0.570. The van der Waals surface area contributed by atoms with Crippen LogP contribution in [0.3, 0.4) is 0 Å². The Morgan fingerprint density at radius 3 is 2.00 bits per heavy atom. The van der Waals surface area contributed by atoms with E-state index in [0.717, 1.165) is 12.8 Å². The van der Waals surface area contributed by atoms with E-state index < -0.39 is 5.54 Å². The first-order chi connectivity index (χ1) is 8.04. The number of carbonyl (C=O) groups excluding carboxylic acids is 1. The average molecular weight is 243 g/mol. The monoisotopic (exact) mass is 243 g/mol. The Balaban J connectivity index is 3.42. The Bertz CT molecular complexity index is 202. The van der Waals surface area contributed by atoms with E-state index in [1.165, 1.54) is 45.6 Å². The van der Waals surface area contributed by atoms with E-state index in [-0.39, 0.29) is 5.97 Å². The molecule has 0 saturated heterocycles. The zero-order valence-electron chi connectivity index (χ0n) is 11.8. The number of hydrogen-bond donors (Lipinski definition) is 1. The number of ether oxygens (including phenoxy) is 1. The van der Waals surface area contributed by atoms with Crippen molar-refractivity contribution in [2.75, 3.05) is 7.11 Å². The highest BCUT2D eigenvalue weighted by atomic mass is 16.5. The van der Waals surface area contributed by atoms with Crippen LogP contribution in [0.1, 0.15) is 71.6 Å². The van der Waals surface area contributed by atoms with Crippen molar-refractivity contribution in [3.63, 3.8) is 0 Å². The average Bonchev–Trinajstić information content (AvgIpc) is 2.31. The fourth-order valence-corrected chi connectivity index (χ4v) is 1.96. The van der Waals surface area contributed by atoms with Gasteiger partial charge in [-0.3, -0.25) is 4.79 Å². The van der Waals surface area contributed by atoms with Crippen molar-refractivity contribution in [2.24, 2.45) is 5.73 Å². The normalized spacial score (nSPS) is 14.4. The lowest BCUT2D eigenvalue weighted by molar-refractivity contribution is -0.146. The Morgan fingerprint density at radius 1 is 1.06 bits per heavy atom. The molecule has 0 rings (SSSR count). The van der Waals surface area contributed by atoms with Gasteiger partial charge in [0.1, 0.15) is 5.54 Å². The molecule has 1 unspecified atom stereocenters. The smallest absolute Gasteiger partial charge is 0.325 e. The van der Waals surface area contributed by atoms with E-state index in [0.29, 0.717) is 6.42 Å². The minimum absolute atomic E-state index is 0.305. The largest absolute Gasteiger partial charge is 0.468 e. The molecule has 0 aromatic rings. The summed E-state index contributed by atoms with van der Waals surface area (Å²) in [5.41, 5.74) is 5.07. The molecule has 0 aliphatic carbocycles. The quantitative estimate of drug-likeness (QED) is 0.472. The van der Waals surface area contributed by atoms with Crippen LogP contribution in [0.4, 0.5) is 0 Å². The van der Waals surface area contributed by atoms with Gasteiger partial charge in [0.25, 0.3) is 0 Å². The van der Waals surface area contributed by atoms with Crippen molar-refractivity contribution >= 4 is 5.97 Å². The third-order valence-corrected chi connectivity index (χ3v) is 3.20. The van der Waals surface area contributed by atoms with Gasteiger partial charge in [0, 0.05) is 0 Å². The molecular formula is C14H29NO2. The van der Waals surface area contributed by atoms with Gasteiger partial charge < -0.3 is 10.5 Å². The van der Waals surface area contributed by atoms with Gasteiger partial charge in [0.05, 0.1) is 7.11 Å². The first-order valence-corrected chi connectivity index (χ1v) is 6.92. The predicted octanol–water partition coefficient (Wildman–Crippen LogP) is 3.41. The zero-order valence-corrected chi connectivity index (χ0v) is 11.8. The molecule has 0 heterocycles. The van der Waals surface area contributed by atoms with Gasteiger partial charge in [-0.2, -0.15) is 0 Å². The molecule has 102 valence electrons. The first-order valence-electron chi connectivity index (χ1n) is 6.92. The van der Waals surface area contributed by atoms with E-state index in [9.17, 15) is 4.79 Å². The molecule has 1 atom stereocenters. The highest BCUT2D eigenvalue weighted by molar-refractivity contribution is 5.79. The van der Waals surface area contributed by atoms with Gasteiger partial charge in [-0.1, -0.05) is 58.3 Å². The lowest BCUT2D eigenvalue weighted by atomic mass is 9.95. The van der Waals surface area contributed by atoms with Crippen molar-refractivity contribution < 1.29 is 9.53 Å². The topological polar surface area (TPSA) is 52.3 Å². The Kier molecular flexibility index (Phi) is 9.14. The van der Waals surface area contributed by atoms with Crippen LogP contribution in [0.15, 0.2) is 0 Å². The van der Waals surface area contributed by atoms with Crippen LogP contribution in [0.2, 0.25) is 0 Å². The molecule has 0 aromatic heterocycles. The van der Waals surface area contributed by atoms with E-state index >= 15 is 0 Å². The number of hydrogen-bond acceptors (Lipinski definition) is 3. The minimum atomic E-state index is -0.809. The molecule has 2 N–H and O–H groups in total. The third kappa shape index (κ3) is 8.19. The van der Waals surface area contributed by atoms with E-state index in [1.54, 1.807) is 6.92 Å². The number of rotatable bonds is 10. The van der Waals surface area contributed by atoms with E-state index in [4.69, 9.17) is 5.73 Å². The van der Waals surface area contributed by atoms with Gasteiger partial charge >= 0.3 is 5.97 Å². The van der Waals surface area contributed by atoms with Crippen LogP contribution in [-0.2, 0) is 9.53 Å². The summed E-state index contributed by atoms with van der Waals surface area (Å²) in [5.74, 6) is -0.305. The molecule has 0 aromatic carbocycles. The summed E-state index contributed by atoms with van der Waals surface area (Å²) in [6, 6.07) is 0. The maximum atomic E-state index is 11.3. The fraction of sp³-hybridized carbons (Fsp3) is 0.929. The molecule has 3 heteroatoms. The fourth-order valence-electron chi connectivity index (χ4n) is 1.96. The maximum absolute atomic E-state index is 11.3. The van der Waals surface area contributed by atoms with Crippen LogP contribution in [0.25, 0.3) is 0 Å². The maximum Gasteiger partial charge on any atom is 0.325 e. The van der Waals surface area contributed by atoms with Crippen LogP contribution >= 0.6 is 0 Å². The van der Waals surface area contributed by atoms with Crippen molar-refractivity contribution in [1.29, 1.82) is 0 Å². The predicted molar refractivity (Wildman–Crippen MR) is 71.8 cm³/mol. The highest BCUT2D eigenvalue weighted by Gasteiger charge is 2.28. The Morgan fingerprint density at radius 2 is 1.53 bits per heavy atom. The molecular weight excluding hydrogens is 214 g/mol. The van der Waals surface area contributed by atoms with Crippen LogP contribution < -0.4 is 5.73 Å². The zero-order chi connectivity index (χ0) is 13.1. The number of methoxy groups -OCH3 is 1. The summed E-state index contributed by atoms with van der Waals surface area (Å²) < 4.78 is 4.67. The summed E-state index contributed by atoms with van der Waals surface area (Å²) in [5, 5.41) is 0. The van der Waals surface area contributed by atoms with Crippen molar-refractivity contribution in [3.05, 3.63) is 0 Å². The van der Waals surface area contributed by atoms with Gasteiger partial charge in [-0.25, -0.2) is 0 Å². The standard InChI is InChI=1S/C14H29NO2/c1-4-5-6-7-8-9-10-11-12-14(2,15)13(16)17-3/h4-12,15H2,1-3H3. The second-order valence-corrected chi connectivity index (χ2v) is 5.13. The van der Waals surface area contributed by atoms with E-state index in [2.05, 4.69) is 11.7 Å². The summed E-state index contributed by atoms with van der Waals surface area (Å²) in [4.78, 5) is 11.3. The molecule has 0 radical (unpaired) electrons. The van der Waals surface area contributed by atoms with Gasteiger partial charge in [0.2, 0.25) is 0 Å². The van der Waals surface area contributed by atoms with Crippen molar-refractivity contribution in [2.45, 2.75) is 77.2 Å². The molecule has 0 aliphatic rings. The summed E-state index contributed by atoms with van der Waals surface area (Å²) >= 11 is 0. The number of nitrogens with two attached hydrogens (primary N) is 1.